The smallest absolute Gasteiger partial charge is 0.121 e. The third-order valence-corrected chi connectivity index (χ3v) is 3.42. The number of halogens is 2. The maximum absolute atomic E-state index is 5.88. The van der Waals surface area contributed by atoms with E-state index in [1.165, 1.54) is 0 Å². The molecule has 1 aromatic rings. The molecule has 1 heterocycles. The molecule has 1 atom stereocenters. The van der Waals surface area contributed by atoms with Crippen LogP contribution >= 0.6 is 27.5 Å². The van der Waals surface area contributed by atoms with Crippen LogP contribution in [-0.2, 0) is 0 Å². The number of hydrogen-bond donors (Lipinski definition) is 1. The second-order valence-electron chi connectivity index (χ2n) is 3.31. The molecule has 4 heteroatoms. The topological polar surface area (TPSA) is 21.3 Å². The van der Waals surface area contributed by atoms with Crippen molar-refractivity contribution in [3.8, 4) is 5.75 Å². The predicted molar refractivity (Wildman–Crippen MR) is 61.1 cm³/mol. The minimum absolute atomic E-state index is 0.295. The van der Waals surface area contributed by atoms with Crippen LogP contribution in [0.15, 0.2) is 22.7 Å². The van der Waals surface area contributed by atoms with Crippen LogP contribution in [-0.4, -0.2) is 19.2 Å². The van der Waals surface area contributed by atoms with Gasteiger partial charge in [0.15, 0.2) is 0 Å². The van der Waals surface area contributed by atoms with Gasteiger partial charge in [0.1, 0.15) is 11.9 Å². The Balaban J connectivity index is 2.05. The third-order valence-electron chi connectivity index (χ3n) is 2.21. The van der Waals surface area contributed by atoms with E-state index in [4.69, 9.17) is 16.3 Å². The SMILES string of the molecule is Clc1ccc(OC2CCNC2)cc1Br. The molecule has 0 bridgehead atoms. The van der Waals surface area contributed by atoms with Gasteiger partial charge in [-0.3, -0.25) is 0 Å². The zero-order valence-corrected chi connectivity index (χ0v) is 9.94. The van der Waals surface area contributed by atoms with E-state index in [0.29, 0.717) is 11.1 Å². The average molecular weight is 277 g/mol. The Morgan fingerprint density at radius 1 is 1.50 bits per heavy atom. The monoisotopic (exact) mass is 275 g/mol. The molecule has 0 aromatic heterocycles. The summed E-state index contributed by atoms with van der Waals surface area (Å²) >= 11 is 9.25. The number of benzene rings is 1. The summed E-state index contributed by atoms with van der Waals surface area (Å²) in [7, 11) is 0. The minimum Gasteiger partial charge on any atom is -0.489 e. The van der Waals surface area contributed by atoms with Gasteiger partial charge in [-0.1, -0.05) is 11.6 Å². The third kappa shape index (κ3) is 2.41. The number of hydrogen-bond acceptors (Lipinski definition) is 2. The van der Waals surface area contributed by atoms with Crippen LogP contribution in [0.2, 0.25) is 5.02 Å². The molecule has 14 heavy (non-hydrogen) atoms. The van der Waals surface area contributed by atoms with Crippen LogP contribution in [0.5, 0.6) is 5.75 Å². The molecule has 0 amide bonds. The lowest BCUT2D eigenvalue weighted by Crippen LogP contribution is -2.19. The van der Waals surface area contributed by atoms with Crippen molar-refractivity contribution in [2.45, 2.75) is 12.5 Å². The van der Waals surface area contributed by atoms with E-state index in [0.717, 1.165) is 29.7 Å². The Kier molecular flexibility index (Phi) is 3.31. The molecule has 1 saturated heterocycles. The van der Waals surface area contributed by atoms with Crippen molar-refractivity contribution in [1.29, 1.82) is 0 Å². The van der Waals surface area contributed by atoms with E-state index < -0.39 is 0 Å². The first-order valence-corrected chi connectivity index (χ1v) is 5.75. The Bertz CT molecular complexity index is 326. The minimum atomic E-state index is 0.295. The van der Waals surface area contributed by atoms with Crippen molar-refractivity contribution >= 4 is 27.5 Å². The fourth-order valence-electron chi connectivity index (χ4n) is 1.47. The van der Waals surface area contributed by atoms with Crippen LogP contribution in [0, 0.1) is 0 Å². The molecule has 0 aliphatic carbocycles. The van der Waals surface area contributed by atoms with Gasteiger partial charge in [-0.25, -0.2) is 0 Å². The highest BCUT2D eigenvalue weighted by atomic mass is 79.9. The highest BCUT2D eigenvalue weighted by Crippen LogP contribution is 2.27. The quantitative estimate of drug-likeness (QED) is 0.897. The van der Waals surface area contributed by atoms with Gasteiger partial charge in [-0.2, -0.15) is 0 Å². The normalized spacial score (nSPS) is 21.1. The molecule has 1 aliphatic rings. The van der Waals surface area contributed by atoms with Crippen LogP contribution in [0.4, 0.5) is 0 Å². The number of rotatable bonds is 2. The fraction of sp³-hybridized carbons (Fsp3) is 0.400. The zero-order valence-electron chi connectivity index (χ0n) is 7.59. The van der Waals surface area contributed by atoms with E-state index in [2.05, 4.69) is 21.2 Å². The number of nitrogens with one attached hydrogen (secondary N) is 1. The summed E-state index contributed by atoms with van der Waals surface area (Å²) in [5, 5.41) is 3.97. The van der Waals surface area contributed by atoms with Crippen molar-refractivity contribution in [2.75, 3.05) is 13.1 Å². The van der Waals surface area contributed by atoms with Crippen LogP contribution < -0.4 is 10.1 Å². The maximum Gasteiger partial charge on any atom is 0.121 e. The van der Waals surface area contributed by atoms with E-state index in [9.17, 15) is 0 Å². The zero-order chi connectivity index (χ0) is 9.97. The maximum atomic E-state index is 5.88. The van der Waals surface area contributed by atoms with Crippen LogP contribution in [0.3, 0.4) is 0 Å². The van der Waals surface area contributed by atoms with E-state index in [-0.39, 0.29) is 0 Å². The lowest BCUT2D eigenvalue weighted by Gasteiger charge is -2.12. The first-order chi connectivity index (χ1) is 6.75. The van der Waals surface area contributed by atoms with E-state index in [1.807, 2.05) is 18.2 Å². The summed E-state index contributed by atoms with van der Waals surface area (Å²) < 4.78 is 6.64. The fourth-order valence-corrected chi connectivity index (χ4v) is 1.95. The average Bonchev–Trinajstić information content (AvgIpc) is 2.64. The van der Waals surface area contributed by atoms with Crippen molar-refractivity contribution < 1.29 is 4.74 Å². The molecule has 2 rings (SSSR count). The molecule has 1 aromatic carbocycles. The molecule has 76 valence electrons. The Labute approximate surface area is 96.7 Å². The molecular formula is C10H11BrClNO. The highest BCUT2D eigenvalue weighted by Gasteiger charge is 2.15. The van der Waals surface area contributed by atoms with Gasteiger partial charge < -0.3 is 10.1 Å². The molecule has 1 N–H and O–H groups in total. The van der Waals surface area contributed by atoms with Gasteiger partial charge in [0.2, 0.25) is 0 Å². The van der Waals surface area contributed by atoms with Crippen LogP contribution in [0.25, 0.3) is 0 Å². The summed E-state index contributed by atoms with van der Waals surface area (Å²) in [6, 6.07) is 5.63. The molecule has 0 saturated carbocycles. The van der Waals surface area contributed by atoms with Gasteiger partial charge in [0.25, 0.3) is 0 Å². The second-order valence-corrected chi connectivity index (χ2v) is 4.57. The van der Waals surface area contributed by atoms with Gasteiger partial charge in [0.05, 0.1) is 5.02 Å². The Hall–Kier alpha value is -0.250. The lowest BCUT2D eigenvalue weighted by molar-refractivity contribution is 0.223. The lowest BCUT2D eigenvalue weighted by atomic mass is 10.3. The summed E-state index contributed by atoms with van der Waals surface area (Å²) in [5.41, 5.74) is 0. The van der Waals surface area contributed by atoms with E-state index in [1.54, 1.807) is 0 Å². The van der Waals surface area contributed by atoms with Gasteiger partial charge in [-0.15, -0.1) is 0 Å². The predicted octanol–water partition coefficient (Wildman–Crippen LogP) is 2.84. The van der Waals surface area contributed by atoms with Crippen molar-refractivity contribution in [1.82, 2.24) is 5.32 Å². The van der Waals surface area contributed by atoms with Gasteiger partial charge >= 0.3 is 0 Å². The number of ether oxygens (including phenoxy) is 1. The summed E-state index contributed by atoms with van der Waals surface area (Å²) in [6.07, 6.45) is 1.36. The molecule has 0 spiro atoms. The molecule has 2 nitrogen and oxygen atoms in total. The molecule has 1 unspecified atom stereocenters. The second kappa shape index (κ2) is 4.51. The molecular weight excluding hydrogens is 265 g/mol. The van der Waals surface area contributed by atoms with Crippen molar-refractivity contribution in [3.05, 3.63) is 27.7 Å². The van der Waals surface area contributed by atoms with E-state index >= 15 is 0 Å². The first-order valence-electron chi connectivity index (χ1n) is 4.58. The Morgan fingerprint density at radius 3 is 3.00 bits per heavy atom. The summed E-state index contributed by atoms with van der Waals surface area (Å²) in [5.74, 6) is 0.870. The highest BCUT2D eigenvalue weighted by molar-refractivity contribution is 9.10. The molecule has 1 fully saturated rings. The standard InChI is InChI=1S/C10H11BrClNO/c11-9-5-7(1-2-10(9)12)14-8-3-4-13-6-8/h1-2,5,8,13H,3-4,6H2. The van der Waals surface area contributed by atoms with Gasteiger partial charge in [-0.05, 0) is 47.1 Å². The summed E-state index contributed by atoms with van der Waals surface area (Å²) in [4.78, 5) is 0. The van der Waals surface area contributed by atoms with Crippen LogP contribution in [0.1, 0.15) is 6.42 Å². The van der Waals surface area contributed by atoms with Crippen molar-refractivity contribution in [2.24, 2.45) is 0 Å². The largest absolute Gasteiger partial charge is 0.489 e. The first kappa shape index (κ1) is 10.3. The molecule has 1 aliphatic heterocycles. The summed E-state index contributed by atoms with van der Waals surface area (Å²) in [6.45, 7) is 1.97. The van der Waals surface area contributed by atoms with Crippen molar-refractivity contribution in [3.63, 3.8) is 0 Å². The molecule has 0 radical (unpaired) electrons. The van der Waals surface area contributed by atoms with Gasteiger partial charge in [0, 0.05) is 11.0 Å². The Morgan fingerprint density at radius 2 is 2.36 bits per heavy atom.